The summed E-state index contributed by atoms with van der Waals surface area (Å²) in [5.74, 6) is 0.176. The van der Waals surface area contributed by atoms with Gasteiger partial charge in [0.05, 0.1) is 5.69 Å². The van der Waals surface area contributed by atoms with Crippen molar-refractivity contribution in [3.63, 3.8) is 0 Å². The van der Waals surface area contributed by atoms with E-state index in [2.05, 4.69) is 6.07 Å². The van der Waals surface area contributed by atoms with E-state index in [0.717, 1.165) is 0 Å². The number of amides is 1. The van der Waals surface area contributed by atoms with Crippen molar-refractivity contribution in [2.75, 3.05) is 11.9 Å². The van der Waals surface area contributed by atoms with Crippen LogP contribution in [0.5, 0.6) is 5.75 Å². The zero-order valence-electron chi connectivity index (χ0n) is 7.56. The molecule has 1 aliphatic rings. The van der Waals surface area contributed by atoms with E-state index < -0.39 is 6.10 Å². The number of nitrogens with zero attached hydrogens (tertiary/aromatic N) is 1. The van der Waals surface area contributed by atoms with E-state index in [4.69, 9.17) is 4.74 Å². The second-order valence-corrected chi connectivity index (χ2v) is 2.97. The van der Waals surface area contributed by atoms with Crippen molar-refractivity contribution in [3.05, 3.63) is 24.3 Å². The van der Waals surface area contributed by atoms with E-state index >= 15 is 0 Å². The molecule has 0 spiro atoms. The molecule has 0 saturated heterocycles. The monoisotopic (exact) mass is 190 g/mol. The Morgan fingerprint density at radius 2 is 2.43 bits per heavy atom. The number of benzene rings is 1. The summed E-state index contributed by atoms with van der Waals surface area (Å²) in [7, 11) is 1.61. The van der Waals surface area contributed by atoms with Gasteiger partial charge < -0.3 is 9.64 Å². The average Bonchev–Trinajstić information content (AvgIpc) is 2.23. The molecule has 1 unspecified atom stereocenters. The predicted molar refractivity (Wildman–Crippen MR) is 49.2 cm³/mol. The van der Waals surface area contributed by atoms with Gasteiger partial charge in [0.25, 0.3) is 5.91 Å². The Balaban J connectivity index is 2.47. The molecular formula is C10H8NO3. The summed E-state index contributed by atoms with van der Waals surface area (Å²) >= 11 is 0. The summed E-state index contributed by atoms with van der Waals surface area (Å²) in [5, 5.41) is 0. The highest BCUT2D eigenvalue weighted by Gasteiger charge is 2.31. The minimum absolute atomic E-state index is 0.355. The first-order valence-corrected chi connectivity index (χ1v) is 4.13. The number of anilines is 1. The molecule has 1 radical (unpaired) electrons. The van der Waals surface area contributed by atoms with Gasteiger partial charge in [-0.15, -0.1) is 0 Å². The first-order chi connectivity index (χ1) is 6.74. The normalized spacial score (nSPS) is 19.9. The number of carbonyl (C=O) groups excluding carboxylic acids is 2. The Labute approximate surface area is 81.1 Å². The number of fused-ring (bicyclic) bond motifs is 1. The van der Waals surface area contributed by atoms with Crippen LogP contribution in [0.2, 0.25) is 0 Å². The molecular weight excluding hydrogens is 182 g/mol. The molecule has 1 aromatic carbocycles. The maximum absolute atomic E-state index is 11.5. The Kier molecular flexibility index (Phi) is 1.96. The van der Waals surface area contributed by atoms with Gasteiger partial charge in [0, 0.05) is 7.05 Å². The third-order valence-electron chi connectivity index (χ3n) is 2.12. The molecule has 0 saturated carbocycles. The molecule has 0 N–H and O–H groups in total. The molecule has 0 aliphatic carbocycles. The van der Waals surface area contributed by atoms with Crippen LogP contribution < -0.4 is 9.64 Å². The third kappa shape index (κ3) is 1.16. The Bertz CT molecular complexity index is 389. The van der Waals surface area contributed by atoms with Crippen LogP contribution in [-0.4, -0.2) is 25.3 Å². The highest BCUT2D eigenvalue weighted by Crippen LogP contribution is 2.31. The lowest BCUT2D eigenvalue weighted by Crippen LogP contribution is -2.44. The topological polar surface area (TPSA) is 46.6 Å². The van der Waals surface area contributed by atoms with Crippen molar-refractivity contribution >= 4 is 17.9 Å². The minimum atomic E-state index is -1.02. The van der Waals surface area contributed by atoms with Gasteiger partial charge in [0.1, 0.15) is 5.75 Å². The number of rotatable bonds is 1. The molecule has 0 fully saturated rings. The molecule has 4 heteroatoms. The molecule has 4 nitrogen and oxygen atoms in total. The van der Waals surface area contributed by atoms with Crippen molar-refractivity contribution in [1.82, 2.24) is 0 Å². The minimum Gasteiger partial charge on any atom is -0.471 e. The fraction of sp³-hybridized carbons (Fsp3) is 0.200. The van der Waals surface area contributed by atoms with Gasteiger partial charge in [-0.3, -0.25) is 9.59 Å². The highest BCUT2D eigenvalue weighted by atomic mass is 16.5. The molecule has 1 heterocycles. The summed E-state index contributed by atoms with van der Waals surface area (Å²) in [6.45, 7) is 0. The zero-order chi connectivity index (χ0) is 10.1. The Morgan fingerprint density at radius 3 is 3.14 bits per heavy atom. The van der Waals surface area contributed by atoms with Crippen molar-refractivity contribution in [1.29, 1.82) is 0 Å². The van der Waals surface area contributed by atoms with Gasteiger partial charge in [0.2, 0.25) is 6.10 Å². The first kappa shape index (κ1) is 8.74. The number of aldehydes is 1. The summed E-state index contributed by atoms with van der Waals surface area (Å²) in [4.78, 5) is 23.4. The maximum Gasteiger partial charge on any atom is 0.275 e. The second kappa shape index (κ2) is 3.14. The van der Waals surface area contributed by atoms with Crippen LogP contribution in [-0.2, 0) is 9.59 Å². The van der Waals surface area contributed by atoms with Crippen LogP contribution in [0.1, 0.15) is 0 Å². The van der Waals surface area contributed by atoms with E-state index in [1.807, 2.05) is 0 Å². The molecule has 1 aromatic rings. The molecule has 0 aromatic heterocycles. The zero-order valence-corrected chi connectivity index (χ0v) is 7.56. The van der Waals surface area contributed by atoms with Gasteiger partial charge in [-0.2, -0.15) is 0 Å². The van der Waals surface area contributed by atoms with Gasteiger partial charge in [-0.25, -0.2) is 0 Å². The molecule has 71 valence electrons. The molecule has 14 heavy (non-hydrogen) atoms. The smallest absolute Gasteiger partial charge is 0.275 e. The maximum atomic E-state index is 11.5. The van der Waals surface area contributed by atoms with Crippen molar-refractivity contribution in [2.24, 2.45) is 0 Å². The van der Waals surface area contributed by atoms with E-state index in [1.54, 1.807) is 25.2 Å². The molecule has 2 rings (SSSR count). The van der Waals surface area contributed by atoms with Crippen LogP contribution in [0.4, 0.5) is 5.69 Å². The fourth-order valence-electron chi connectivity index (χ4n) is 1.35. The van der Waals surface area contributed by atoms with E-state index in [1.165, 1.54) is 4.90 Å². The summed E-state index contributed by atoms with van der Waals surface area (Å²) in [6, 6.07) is 7.84. The van der Waals surface area contributed by atoms with Crippen LogP contribution in [0.3, 0.4) is 0 Å². The number of ether oxygens (including phenoxy) is 1. The van der Waals surface area contributed by atoms with Gasteiger partial charge >= 0.3 is 0 Å². The second-order valence-electron chi connectivity index (χ2n) is 2.97. The predicted octanol–water partition coefficient (Wildman–Crippen LogP) is 0.409. The standard InChI is InChI=1S/C10H8NO3/c1-11-7-4-2-3-5-8(7)14-9(6-12)10(11)13/h3-6,9H,1H3. The van der Waals surface area contributed by atoms with Gasteiger partial charge in [-0.1, -0.05) is 6.07 Å². The van der Waals surface area contributed by atoms with E-state index in [-0.39, 0.29) is 5.91 Å². The highest BCUT2D eigenvalue weighted by molar-refractivity contribution is 6.07. The quantitative estimate of drug-likeness (QED) is 0.476. The Hall–Kier alpha value is -1.84. The molecule has 1 aliphatic heterocycles. The SMILES string of the molecule is CN1C(=O)C(C=O)Oc2cc[c]cc21. The molecule has 1 amide bonds. The van der Waals surface area contributed by atoms with Crippen molar-refractivity contribution < 1.29 is 14.3 Å². The van der Waals surface area contributed by atoms with Crippen LogP contribution >= 0.6 is 0 Å². The number of hydrogen-bond donors (Lipinski definition) is 0. The average molecular weight is 190 g/mol. The lowest BCUT2D eigenvalue weighted by molar-refractivity contribution is -0.131. The lowest BCUT2D eigenvalue weighted by Gasteiger charge is -2.29. The lowest BCUT2D eigenvalue weighted by atomic mass is 10.2. The fourth-order valence-corrected chi connectivity index (χ4v) is 1.35. The van der Waals surface area contributed by atoms with E-state index in [9.17, 15) is 9.59 Å². The van der Waals surface area contributed by atoms with Crippen molar-refractivity contribution in [3.8, 4) is 5.75 Å². The van der Waals surface area contributed by atoms with Crippen LogP contribution in [0.25, 0.3) is 0 Å². The number of carbonyl (C=O) groups is 2. The van der Waals surface area contributed by atoms with Crippen LogP contribution in [0, 0.1) is 6.07 Å². The van der Waals surface area contributed by atoms with Crippen molar-refractivity contribution in [2.45, 2.75) is 6.10 Å². The van der Waals surface area contributed by atoms with Gasteiger partial charge in [0.15, 0.2) is 6.29 Å². The summed E-state index contributed by atoms with van der Waals surface area (Å²) in [5.41, 5.74) is 0.635. The van der Waals surface area contributed by atoms with Crippen LogP contribution in [0.15, 0.2) is 18.2 Å². The third-order valence-corrected chi connectivity index (χ3v) is 2.12. The Morgan fingerprint density at radius 1 is 1.64 bits per heavy atom. The molecule has 1 atom stereocenters. The number of likely N-dealkylation sites (N-methyl/N-ethyl adjacent to an activating group) is 1. The van der Waals surface area contributed by atoms with Gasteiger partial charge in [-0.05, 0) is 18.2 Å². The number of hydrogen-bond acceptors (Lipinski definition) is 3. The first-order valence-electron chi connectivity index (χ1n) is 4.13. The molecule has 0 bridgehead atoms. The summed E-state index contributed by atoms with van der Waals surface area (Å²) < 4.78 is 5.18. The van der Waals surface area contributed by atoms with E-state index in [0.29, 0.717) is 17.7 Å². The largest absolute Gasteiger partial charge is 0.471 e. The summed E-state index contributed by atoms with van der Waals surface area (Å²) in [6.07, 6.45) is -0.520.